The number of hydrogen-bond acceptors (Lipinski definition) is 3. The molecule has 6 heteroatoms. The van der Waals surface area contributed by atoms with Crippen molar-refractivity contribution in [1.29, 1.82) is 0 Å². The molecule has 1 heterocycles. The summed E-state index contributed by atoms with van der Waals surface area (Å²) in [6.45, 7) is 3.91. The van der Waals surface area contributed by atoms with Crippen molar-refractivity contribution in [3.05, 3.63) is 53.1 Å². The number of nitrogens with one attached hydrogen (secondary N) is 1. The Balaban J connectivity index is 1.95. The van der Waals surface area contributed by atoms with Gasteiger partial charge in [-0.25, -0.2) is 8.42 Å². The lowest BCUT2D eigenvalue weighted by atomic mass is 10.0. The largest absolute Gasteiger partial charge is 0.315 e. The maximum atomic E-state index is 12.8. The maximum absolute atomic E-state index is 12.8. The third kappa shape index (κ3) is 3.39. The lowest BCUT2D eigenvalue weighted by molar-refractivity contribution is -0.118. The highest BCUT2D eigenvalue weighted by atomic mass is 32.2. The normalized spacial score (nSPS) is 14.4. The molecule has 0 aliphatic carbocycles. The molecule has 1 aliphatic heterocycles. The molecule has 0 radical (unpaired) electrons. The summed E-state index contributed by atoms with van der Waals surface area (Å²) in [6.07, 6.45) is 1.80. The Kier molecular flexibility index (Phi) is 4.56. The quantitative estimate of drug-likeness (QED) is 0.912. The molecule has 0 aromatic heterocycles. The number of carbonyl (C=O) groups is 1. The fourth-order valence-corrected chi connectivity index (χ4v) is 4.17. The van der Waals surface area contributed by atoms with Crippen LogP contribution in [0.25, 0.3) is 0 Å². The molecule has 0 saturated heterocycles. The molecule has 1 N–H and O–H groups in total. The number of benzene rings is 2. The minimum absolute atomic E-state index is 0.0493. The van der Waals surface area contributed by atoms with E-state index in [1.54, 1.807) is 30.1 Å². The number of rotatable bonds is 4. The first kappa shape index (κ1) is 17.5. The standard InChI is InChI=1S/C19H22N2O3S/c1-4-14-6-5-13(2)17(11-14)20-25(23,24)16-8-9-18-15(12-16)7-10-19(22)21(18)3/h5-6,8-9,11-12,20H,4,7,10H2,1-3H3. The van der Waals surface area contributed by atoms with Crippen molar-refractivity contribution in [2.24, 2.45) is 0 Å². The summed E-state index contributed by atoms with van der Waals surface area (Å²) < 4.78 is 28.3. The first-order valence-electron chi connectivity index (χ1n) is 8.33. The minimum Gasteiger partial charge on any atom is -0.315 e. The van der Waals surface area contributed by atoms with Crippen molar-refractivity contribution in [2.45, 2.75) is 38.0 Å². The van der Waals surface area contributed by atoms with Crippen LogP contribution in [-0.2, 0) is 27.7 Å². The molecule has 0 unspecified atom stereocenters. The highest BCUT2D eigenvalue weighted by Crippen LogP contribution is 2.30. The van der Waals surface area contributed by atoms with E-state index in [-0.39, 0.29) is 10.8 Å². The Morgan fingerprint density at radius 2 is 1.88 bits per heavy atom. The van der Waals surface area contributed by atoms with E-state index in [0.717, 1.165) is 28.8 Å². The SMILES string of the molecule is CCc1ccc(C)c(NS(=O)(=O)c2ccc3c(c2)CCC(=O)N3C)c1. The van der Waals surface area contributed by atoms with Gasteiger partial charge in [0, 0.05) is 19.2 Å². The van der Waals surface area contributed by atoms with Crippen molar-refractivity contribution >= 4 is 27.3 Å². The van der Waals surface area contributed by atoms with Crippen LogP contribution >= 0.6 is 0 Å². The van der Waals surface area contributed by atoms with Gasteiger partial charge in [-0.3, -0.25) is 9.52 Å². The number of hydrogen-bond donors (Lipinski definition) is 1. The summed E-state index contributed by atoms with van der Waals surface area (Å²) in [7, 11) is -1.96. The van der Waals surface area contributed by atoms with Gasteiger partial charge in [0.05, 0.1) is 10.6 Å². The van der Waals surface area contributed by atoms with E-state index in [0.29, 0.717) is 18.5 Å². The number of nitrogens with zero attached hydrogens (tertiary/aromatic N) is 1. The number of aryl methyl sites for hydroxylation is 3. The van der Waals surface area contributed by atoms with Crippen LogP contribution < -0.4 is 9.62 Å². The average Bonchev–Trinajstić information content (AvgIpc) is 2.59. The predicted octanol–water partition coefficient (Wildman–Crippen LogP) is 3.27. The second-order valence-electron chi connectivity index (χ2n) is 6.35. The predicted molar refractivity (Wildman–Crippen MR) is 99.5 cm³/mol. The van der Waals surface area contributed by atoms with Crippen LogP contribution in [0.3, 0.4) is 0 Å². The van der Waals surface area contributed by atoms with Crippen LogP contribution in [0.4, 0.5) is 11.4 Å². The zero-order valence-electron chi connectivity index (χ0n) is 14.7. The van der Waals surface area contributed by atoms with Crippen molar-refractivity contribution in [3.63, 3.8) is 0 Å². The summed E-state index contributed by atoms with van der Waals surface area (Å²) in [6, 6.07) is 10.7. The maximum Gasteiger partial charge on any atom is 0.261 e. The third-order valence-corrected chi connectivity index (χ3v) is 6.02. The monoisotopic (exact) mass is 358 g/mol. The van der Waals surface area contributed by atoms with Crippen LogP contribution in [-0.4, -0.2) is 21.4 Å². The minimum atomic E-state index is -3.68. The third-order valence-electron chi connectivity index (χ3n) is 4.66. The lowest BCUT2D eigenvalue weighted by Gasteiger charge is -2.26. The van der Waals surface area contributed by atoms with Gasteiger partial charge in [-0.1, -0.05) is 19.1 Å². The van der Waals surface area contributed by atoms with Crippen LogP contribution in [0.2, 0.25) is 0 Å². The summed E-state index contributed by atoms with van der Waals surface area (Å²) in [4.78, 5) is 13.6. The van der Waals surface area contributed by atoms with Gasteiger partial charge in [-0.2, -0.15) is 0 Å². The number of sulfonamides is 1. The average molecular weight is 358 g/mol. The zero-order chi connectivity index (χ0) is 18.2. The van der Waals surface area contributed by atoms with Crippen LogP contribution in [0.1, 0.15) is 30.0 Å². The lowest BCUT2D eigenvalue weighted by Crippen LogP contribution is -2.31. The second kappa shape index (κ2) is 6.52. The van der Waals surface area contributed by atoms with Crippen molar-refractivity contribution in [1.82, 2.24) is 0 Å². The molecule has 2 aromatic carbocycles. The molecule has 3 rings (SSSR count). The molecular formula is C19H22N2O3S. The summed E-state index contributed by atoms with van der Waals surface area (Å²) in [5, 5.41) is 0. The van der Waals surface area contributed by atoms with E-state index in [1.165, 1.54) is 0 Å². The van der Waals surface area contributed by atoms with Gasteiger partial charge in [-0.15, -0.1) is 0 Å². The smallest absolute Gasteiger partial charge is 0.261 e. The van der Waals surface area contributed by atoms with Crippen molar-refractivity contribution < 1.29 is 13.2 Å². The first-order valence-corrected chi connectivity index (χ1v) is 9.82. The highest BCUT2D eigenvalue weighted by Gasteiger charge is 2.24. The van der Waals surface area contributed by atoms with E-state index in [1.807, 2.05) is 32.0 Å². The molecule has 1 aliphatic rings. The van der Waals surface area contributed by atoms with E-state index < -0.39 is 10.0 Å². The Labute approximate surface area is 148 Å². The highest BCUT2D eigenvalue weighted by molar-refractivity contribution is 7.92. The Hall–Kier alpha value is -2.34. The number of carbonyl (C=O) groups excluding carboxylic acids is 1. The Bertz CT molecular complexity index is 936. The molecule has 0 atom stereocenters. The van der Waals surface area contributed by atoms with Crippen LogP contribution in [0, 0.1) is 6.92 Å². The Morgan fingerprint density at radius 3 is 2.60 bits per heavy atom. The van der Waals surface area contributed by atoms with Gasteiger partial charge in [0.25, 0.3) is 10.0 Å². The zero-order valence-corrected chi connectivity index (χ0v) is 15.5. The van der Waals surface area contributed by atoms with Crippen LogP contribution in [0.15, 0.2) is 41.3 Å². The topological polar surface area (TPSA) is 66.5 Å². The molecule has 25 heavy (non-hydrogen) atoms. The van der Waals surface area contributed by atoms with Crippen molar-refractivity contribution in [3.8, 4) is 0 Å². The van der Waals surface area contributed by atoms with E-state index in [9.17, 15) is 13.2 Å². The van der Waals surface area contributed by atoms with Crippen LogP contribution in [0.5, 0.6) is 0 Å². The first-order chi connectivity index (χ1) is 11.8. The van der Waals surface area contributed by atoms with Gasteiger partial charge < -0.3 is 4.90 Å². The van der Waals surface area contributed by atoms with E-state index in [2.05, 4.69) is 4.72 Å². The van der Waals surface area contributed by atoms with Crippen molar-refractivity contribution in [2.75, 3.05) is 16.7 Å². The molecule has 0 fully saturated rings. The Morgan fingerprint density at radius 1 is 1.12 bits per heavy atom. The molecule has 0 spiro atoms. The summed E-state index contributed by atoms with van der Waals surface area (Å²) >= 11 is 0. The van der Waals surface area contributed by atoms with Gasteiger partial charge in [0.15, 0.2) is 0 Å². The van der Waals surface area contributed by atoms with Gasteiger partial charge in [0.1, 0.15) is 0 Å². The number of amides is 1. The van der Waals surface area contributed by atoms with Gasteiger partial charge in [0.2, 0.25) is 5.91 Å². The summed E-state index contributed by atoms with van der Waals surface area (Å²) in [5.74, 6) is 0.0493. The fraction of sp³-hybridized carbons (Fsp3) is 0.316. The molecule has 0 bridgehead atoms. The van der Waals surface area contributed by atoms with Gasteiger partial charge >= 0.3 is 0 Å². The molecule has 132 valence electrons. The van der Waals surface area contributed by atoms with E-state index >= 15 is 0 Å². The second-order valence-corrected chi connectivity index (χ2v) is 8.03. The van der Waals surface area contributed by atoms with E-state index in [4.69, 9.17) is 0 Å². The summed E-state index contributed by atoms with van der Waals surface area (Å²) in [5.41, 5.74) is 4.21. The number of anilines is 2. The van der Waals surface area contributed by atoms with Gasteiger partial charge in [-0.05, 0) is 60.7 Å². The molecule has 5 nitrogen and oxygen atoms in total. The fourth-order valence-electron chi connectivity index (χ4n) is 3.00. The number of fused-ring (bicyclic) bond motifs is 1. The molecule has 1 amide bonds. The molecular weight excluding hydrogens is 336 g/mol. The molecule has 0 saturated carbocycles. The molecule has 2 aromatic rings.